The molecule has 4 aromatic rings. The normalized spacial score (nSPS) is 10.8. The quantitative estimate of drug-likeness (QED) is 0.457. The Bertz CT molecular complexity index is 1210. The van der Waals surface area contributed by atoms with Crippen molar-refractivity contribution in [2.24, 2.45) is 0 Å². The molecular formula is C23H22ClN5O2. The van der Waals surface area contributed by atoms with Crippen LogP contribution in [0.15, 0.2) is 67.1 Å². The number of benzene rings is 2. The molecule has 0 aliphatic rings. The van der Waals surface area contributed by atoms with Crippen LogP contribution in [0, 0.1) is 13.8 Å². The lowest BCUT2D eigenvalue weighted by Gasteiger charge is -2.09. The molecule has 0 aliphatic carbocycles. The highest BCUT2D eigenvalue weighted by Gasteiger charge is 2.11. The Morgan fingerprint density at radius 1 is 1.13 bits per heavy atom. The molecule has 0 bridgehead atoms. The van der Waals surface area contributed by atoms with E-state index in [1.807, 2.05) is 50.2 Å². The molecule has 8 heteroatoms. The van der Waals surface area contributed by atoms with Crippen LogP contribution in [-0.4, -0.2) is 25.5 Å². The minimum absolute atomic E-state index is 0.221. The second-order valence-corrected chi connectivity index (χ2v) is 7.73. The first kappa shape index (κ1) is 20.7. The number of carbonyl (C=O) groups is 1. The Morgan fingerprint density at radius 3 is 2.77 bits per heavy atom. The Hall–Kier alpha value is -3.58. The van der Waals surface area contributed by atoms with Crippen LogP contribution in [0.5, 0.6) is 5.75 Å². The van der Waals surface area contributed by atoms with Gasteiger partial charge in [-0.15, -0.1) is 0 Å². The van der Waals surface area contributed by atoms with E-state index in [-0.39, 0.29) is 12.6 Å². The van der Waals surface area contributed by atoms with E-state index >= 15 is 0 Å². The van der Waals surface area contributed by atoms with Gasteiger partial charge in [0.25, 0.3) is 5.91 Å². The van der Waals surface area contributed by atoms with Gasteiger partial charge in [-0.05, 0) is 49.2 Å². The molecule has 0 spiro atoms. The molecule has 0 aliphatic heterocycles. The van der Waals surface area contributed by atoms with Crippen LogP contribution < -0.4 is 10.1 Å². The van der Waals surface area contributed by atoms with E-state index in [4.69, 9.17) is 16.3 Å². The van der Waals surface area contributed by atoms with E-state index in [0.29, 0.717) is 22.9 Å². The van der Waals surface area contributed by atoms with Gasteiger partial charge in [0, 0.05) is 18.1 Å². The number of nitrogens with one attached hydrogen (secondary N) is 1. The Labute approximate surface area is 185 Å². The number of hydrogen-bond donors (Lipinski definition) is 1. The van der Waals surface area contributed by atoms with Gasteiger partial charge in [-0.25, -0.2) is 4.68 Å². The van der Waals surface area contributed by atoms with Crippen LogP contribution in [0.25, 0.3) is 0 Å². The highest BCUT2D eigenvalue weighted by molar-refractivity contribution is 6.30. The van der Waals surface area contributed by atoms with Gasteiger partial charge in [0.15, 0.2) is 12.4 Å². The predicted molar refractivity (Wildman–Crippen MR) is 120 cm³/mol. The van der Waals surface area contributed by atoms with Gasteiger partial charge < -0.3 is 10.1 Å². The summed E-state index contributed by atoms with van der Waals surface area (Å²) in [6.45, 7) is 4.82. The number of nitrogens with zero attached hydrogens (tertiary/aromatic N) is 4. The topological polar surface area (TPSA) is 74.0 Å². The maximum Gasteiger partial charge on any atom is 0.276 e. The van der Waals surface area contributed by atoms with Crippen molar-refractivity contribution in [2.45, 2.75) is 27.1 Å². The van der Waals surface area contributed by atoms with Gasteiger partial charge in [-0.2, -0.15) is 10.2 Å². The van der Waals surface area contributed by atoms with Crippen LogP contribution in [0.2, 0.25) is 5.02 Å². The molecule has 0 atom stereocenters. The van der Waals surface area contributed by atoms with Crippen molar-refractivity contribution in [3.63, 3.8) is 0 Å². The van der Waals surface area contributed by atoms with Gasteiger partial charge in [0.1, 0.15) is 5.75 Å². The zero-order valence-electron chi connectivity index (χ0n) is 17.2. The lowest BCUT2D eigenvalue weighted by Crippen LogP contribution is -2.14. The second kappa shape index (κ2) is 9.06. The molecule has 1 N–H and O–H groups in total. The average Bonchev–Trinajstić information content (AvgIpc) is 3.37. The molecule has 0 fully saturated rings. The van der Waals surface area contributed by atoms with E-state index in [9.17, 15) is 4.79 Å². The number of rotatable bonds is 7. The maximum atomic E-state index is 12.6. The van der Waals surface area contributed by atoms with Crippen molar-refractivity contribution >= 4 is 23.2 Å². The second-order valence-electron chi connectivity index (χ2n) is 7.29. The third kappa shape index (κ3) is 5.32. The van der Waals surface area contributed by atoms with Crippen LogP contribution >= 0.6 is 11.6 Å². The minimum Gasteiger partial charge on any atom is -0.471 e. The first-order valence-electron chi connectivity index (χ1n) is 9.78. The van der Waals surface area contributed by atoms with Crippen molar-refractivity contribution in [2.75, 3.05) is 5.32 Å². The average molecular weight is 436 g/mol. The van der Waals surface area contributed by atoms with Crippen molar-refractivity contribution < 1.29 is 9.53 Å². The van der Waals surface area contributed by atoms with Gasteiger partial charge in [-0.3, -0.25) is 9.48 Å². The molecule has 0 unspecified atom stereocenters. The Morgan fingerprint density at radius 2 is 2.00 bits per heavy atom. The van der Waals surface area contributed by atoms with E-state index in [0.717, 1.165) is 16.9 Å². The molecule has 2 aromatic heterocycles. The lowest BCUT2D eigenvalue weighted by molar-refractivity contribution is 0.102. The predicted octanol–water partition coefficient (Wildman–Crippen LogP) is 4.69. The standard InChI is InChI=1S/C23H22ClN5O2/c1-16-6-7-22(17(2)10-16)31-15-28-9-8-21(27-28)23(30)26-20-5-3-4-18(11-20)13-29-14-19(24)12-25-29/h3-12,14H,13,15H2,1-2H3,(H,26,30). The summed E-state index contributed by atoms with van der Waals surface area (Å²) in [6, 6.07) is 15.2. The summed E-state index contributed by atoms with van der Waals surface area (Å²) in [5.41, 5.74) is 4.23. The number of aromatic nitrogens is 4. The molecule has 31 heavy (non-hydrogen) atoms. The summed E-state index contributed by atoms with van der Waals surface area (Å²) in [5, 5.41) is 12.0. The third-order valence-corrected chi connectivity index (χ3v) is 4.88. The van der Waals surface area contributed by atoms with E-state index in [1.165, 1.54) is 5.56 Å². The minimum atomic E-state index is -0.287. The van der Waals surface area contributed by atoms with Crippen molar-refractivity contribution in [3.8, 4) is 5.75 Å². The fraction of sp³-hybridized carbons (Fsp3) is 0.174. The molecular weight excluding hydrogens is 414 g/mol. The highest BCUT2D eigenvalue weighted by atomic mass is 35.5. The van der Waals surface area contributed by atoms with E-state index < -0.39 is 0 Å². The van der Waals surface area contributed by atoms with Crippen LogP contribution in [0.1, 0.15) is 27.2 Å². The SMILES string of the molecule is Cc1ccc(OCn2ccc(C(=O)Nc3cccc(Cn4cc(Cl)cn4)c3)n2)c(C)c1. The molecule has 2 aromatic carbocycles. The monoisotopic (exact) mass is 435 g/mol. The summed E-state index contributed by atoms with van der Waals surface area (Å²) in [7, 11) is 0. The van der Waals surface area contributed by atoms with Crippen LogP contribution in [-0.2, 0) is 13.3 Å². The lowest BCUT2D eigenvalue weighted by atomic mass is 10.1. The van der Waals surface area contributed by atoms with Crippen molar-refractivity contribution in [3.05, 3.63) is 94.5 Å². The molecule has 0 saturated heterocycles. The van der Waals surface area contributed by atoms with E-state index in [1.54, 1.807) is 34.0 Å². The summed E-state index contributed by atoms with van der Waals surface area (Å²) in [5.74, 6) is 0.506. The van der Waals surface area contributed by atoms with E-state index in [2.05, 4.69) is 21.6 Å². The molecule has 0 radical (unpaired) electrons. The van der Waals surface area contributed by atoms with Gasteiger partial charge in [0.2, 0.25) is 0 Å². The molecule has 7 nitrogen and oxygen atoms in total. The number of carbonyl (C=O) groups excluding carboxylic acids is 1. The number of halogens is 1. The number of aryl methyl sites for hydroxylation is 2. The molecule has 0 saturated carbocycles. The summed E-state index contributed by atoms with van der Waals surface area (Å²) in [6.07, 6.45) is 5.06. The zero-order chi connectivity index (χ0) is 21.8. The third-order valence-electron chi connectivity index (χ3n) is 4.69. The van der Waals surface area contributed by atoms with Gasteiger partial charge in [-0.1, -0.05) is 41.4 Å². The van der Waals surface area contributed by atoms with Crippen molar-refractivity contribution in [1.29, 1.82) is 0 Å². The molecule has 158 valence electrons. The van der Waals surface area contributed by atoms with Gasteiger partial charge in [0.05, 0.1) is 17.8 Å². The number of hydrogen-bond acceptors (Lipinski definition) is 4. The molecule has 2 heterocycles. The zero-order valence-corrected chi connectivity index (χ0v) is 18.0. The fourth-order valence-electron chi connectivity index (χ4n) is 3.21. The van der Waals surface area contributed by atoms with Crippen LogP contribution in [0.3, 0.4) is 0 Å². The first-order valence-corrected chi connectivity index (χ1v) is 10.2. The Kier molecular flexibility index (Phi) is 6.04. The Balaban J connectivity index is 1.37. The highest BCUT2D eigenvalue weighted by Crippen LogP contribution is 2.19. The smallest absolute Gasteiger partial charge is 0.276 e. The number of anilines is 1. The maximum absolute atomic E-state index is 12.6. The van der Waals surface area contributed by atoms with Crippen LogP contribution in [0.4, 0.5) is 5.69 Å². The summed E-state index contributed by atoms with van der Waals surface area (Å²) < 4.78 is 9.14. The summed E-state index contributed by atoms with van der Waals surface area (Å²) in [4.78, 5) is 12.6. The largest absolute Gasteiger partial charge is 0.471 e. The van der Waals surface area contributed by atoms with Gasteiger partial charge >= 0.3 is 0 Å². The fourth-order valence-corrected chi connectivity index (χ4v) is 3.36. The number of ether oxygens (including phenoxy) is 1. The number of amides is 1. The first-order chi connectivity index (χ1) is 15.0. The summed E-state index contributed by atoms with van der Waals surface area (Å²) >= 11 is 5.91. The molecule has 1 amide bonds. The van der Waals surface area contributed by atoms with Crippen molar-refractivity contribution in [1.82, 2.24) is 19.6 Å². The molecule has 4 rings (SSSR count).